The van der Waals surface area contributed by atoms with Gasteiger partial charge in [-0.2, -0.15) is 0 Å². The second kappa shape index (κ2) is 7.84. The molecule has 0 aliphatic heterocycles. The Balaban J connectivity index is 1.47. The minimum atomic E-state index is -0.0447. The van der Waals surface area contributed by atoms with Gasteiger partial charge in [-0.15, -0.1) is 11.8 Å². The standard InChI is InChI=1S/C19H19N3OS/c1-15-2-8-18(9-3-15)24-13-11-21-19(23)16-4-6-17(7-5-16)22-12-10-20-14-22/h2-10,12,14H,11,13H2,1H3,(H,21,23). The summed E-state index contributed by atoms with van der Waals surface area (Å²) in [5, 5.41) is 2.96. The van der Waals surface area contributed by atoms with Crippen LogP contribution in [-0.4, -0.2) is 27.8 Å². The number of benzene rings is 2. The summed E-state index contributed by atoms with van der Waals surface area (Å²) in [6.45, 7) is 2.72. The first-order chi connectivity index (χ1) is 11.7. The number of aromatic nitrogens is 2. The Morgan fingerprint density at radius 2 is 1.88 bits per heavy atom. The molecular formula is C19H19N3OS. The first kappa shape index (κ1) is 16.3. The molecule has 0 bridgehead atoms. The van der Waals surface area contributed by atoms with Gasteiger partial charge >= 0.3 is 0 Å². The fourth-order valence-corrected chi connectivity index (χ4v) is 3.04. The number of hydrogen-bond acceptors (Lipinski definition) is 3. The van der Waals surface area contributed by atoms with E-state index in [2.05, 4.69) is 41.5 Å². The van der Waals surface area contributed by atoms with Crippen LogP contribution >= 0.6 is 11.8 Å². The Morgan fingerprint density at radius 3 is 2.54 bits per heavy atom. The van der Waals surface area contributed by atoms with E-state index in [1.54, 1.807) is 24.3 Å². The molecule has 0 aliphatic carbocycles. The van der Waals surface area contributed by atoms with E-state index in [1.807, 2.05) is 35.0 Å². The molecule has 1 aromatic heterocycles. The van der Waals surface area contributed by atoms with Gasteiger partial charge in [0, 0.05) is 40.8 Å². The highest BCUT2D eigenvalue weighted by molar-refractivity contribution is 7.99. The summed E-state index contributed by atoms with van der Waals surface area (Å²) in [6, 6.07) is 15.9. The average molecular weight is 337 g/mol. The van der Waals surface area contributed by atoms with Crippen molar-refractivity contribution in [3.8, 4) is 5.69 Å². The number of carbonyl (C=O) groups excluding carboxylic acids is 1. The Morgan fingerprint density at radius 1 is 1.12 bits per heavy atom. The van der Waals surface area contributed by atoms with E-state index >= 15 is 0 Å². The molecule has 0 atom stereocenters. The maximum atomic E-state index is 12.2. The number of nitrogens with one attached hydrogen (secondary N) is 1. The van der Waals surface area contributed by atoms with E-state index in [9.17, 15) is 4.79 Å². The number of nitrogens with zero attached hydrogens (tertiary/aromatic N) is 2. The second-order valence-corrected chi connectivity index (χ2v) is 6.60. The molecule has 24 heavy (non-hydrogen) atoms. The van der Waals surface area contributed by atoms with Crippen molar-refractivity contribution < 1.29 is 4.79 Å². The number of amides is 1. The predicted octanol–water partition coefficient (Wildman–Crippen LogP) is 3.70. The Kier molecular flexibility index (Phi) is 5.33. The van der Waals surface area contributed by atoms with Crippen LogP contribution in [0.15, 0.2) is 72.1 Å². The van der Waals surface area contributed by atoms with Gasteiger partial charge in [0.05, 0.1) is 6.33 Å². The molecule has 0 saturated heterocycles. The van der Waals surface area contributed by atoms with Crippen molar-refractivity contribution in [3.63, 3.8) is 0 Å². The van der Waals surface area contributed by atoms with Gasteiger partial charge in [0.2, 0.25) is 0 Å². The minimum absolute atomic E-state index is 0.0447. The van der Waals surface area contributed by atoms with Crippen LogP contribution in [0.25, 0.3) is 5.69 Å². The number of rotatable bonds is 6. The van der Waals surface area contributed by atoms with E-state index < -0.39 is 0 Å². The van der Waals surface area contributed by atoms with E-state index in [0.717, 1.165) is 11.4 Å². The number of hydrogen-bond donors (Lipinski definition) is 1. The maximum Gasteiger partial charge on any atom is 0.251 e. The monoisotopic (exact) mass is 337 g/mol. The molecule has 122 valence electrons. The molecule has 2 aromatic carbocycles. The summed E-state index contributed by atoms with van der Waals surface area (Å²) in [6.07, 6.45) is 5.33. The first-order valence-corrected chi connectivity index (χ1v) is 8.77. The average Bonchev–Trinajstić information content (AvgIpc) is 3.15. The van der Waals surface area contributed by atoms with Crippen LogP contribution in [0.4, 0.5) is 0 Å². The fraction of sp³-hybridized carbons (Fsp3) is 0.158. The lowest BCUT2D eigenvalue weighted by Gasteiger charge is -2.07. The van der Waals surface area contributed by atoms with Crippen molar-refractivity contribution >= 4 is 17.7 Å². The first-order valence-electron chi connectivity index (χ1n) is 7.78. The topological polar surface area (TPSA) is 46.9 Å². The van der Waals surface area contributed by atoms with E-state index in [1.165, 1.54) is 10.5 Å². The van der Waals surface area contributed by atoms with Gasteiger partial charge < -0.3 is 9.88 Å². The highest BCUT2D eigenvalue weighted by atomic mass is 32.2. The Hall–Kier alpha value is -2.53. The van der Waals surface area contributed by atoms with Gasteiger partial charge in [0.15, 0.2) is 0 Å². The molecule has 1 N–H and O–H groups in total. The quantitative estimate of drug-likeness (QED) is 0.551. The molecule has 0 aliphatic rings. The molecule has 0 fully saturated rings. The summed E-state index contributed by atoms with van der Waals surface area (Å²) in [4.78, 5) is 17.4. The lowest BCUT2D eigenvalue weighted by atomic mass is 10.2. The second-order valence-electron chi connectivity index (χ2n) is 5.43. The molecule has 5 heteroatoms. The van der Waals surface area contributed by atoms with Gasteiger partial charge in [-0.25, -0.2) is 4.98 Å². The molecule has 0 spiro atoms. The van der Waals surface area contributed by atoms with Crippen molar-refractivity contribution in [1.29, 1.82) is 0 Å². The van der Waals surface area contributed by atoms with Crippen LogP contribution in [-0.2, 0) is 0 Å². The predicted molar refractivity (Wildman–Crippen MR) is 97.8 cm³/mol. The highest BCUT2D eigenvalue weighted by Gasteiger charge is 2.05. The summed E-state index contributed by atoms with van der Waals surface area (Å²) < 4.78 is 1.90. The SMILES string of the molecule is Cc1ccc(SCCNC(=O)c2ccc(-n3ccnc3)cc2)cc1. The third-order valence-corrected chi connectivity index (χ3v) is 4.62. The van der Waals surface area contributed by atoms with Crippen molar-refractivity contribution in [2.24, 2.45) is 0 Å². The third kappa shape index (κ3) is 4.26. The summed E-state index contributed by atoms with van der Waals surface area (Å²) in [5.74, 6) is 0.804. The van der Waals surface area contributed by atoms with Crippen LogP contribution in [0.1, 0.15) is 15.9 Å². The zero-order valence-corrected chi connectivity index (χ0v) is 14.3. The Bertz CT molecular complexity index is 780. The molecule has 0 saturated carbocycles. The van der Waals surface area contributed by atoms with Crippen molar-refractivity contribution in [1.82, 2.24) is 14.9 Å². The fourth-order valence-electron chi connectivity index (χ4n) is 2.27. The molecule has 3 rings (SSSR count). The van der Waals surface area contributed by atoms with E-state index in [4.69, 9.17) is 0 Å². The zero-order valence-electron chi connectivity index (χ0n) is 13.5. The molecule has 3 aromatic rings. The lowest BCUT2D eigenvalue weighted by Crippen LogP contribution is -2.25. The smallest absolute Gasteiger partial charge is 0.251 e. The van der Waals surface area contributed by atoms with Crippen molar-refractivity contribution in [2.75, 3.05) is 12.3 Å². The van der Waals surface area contributed by atoms with Gasteiger partial charge in [-0.05, 0) is 43.3 Å². The van der Waals surface area contributed by atoms with Crippen LogP contribution in [0, 0.1) is 6.92 Å². The number of carbonyl (C=O) groups is 1. The maximum absolute atomic E-state index is 12.2. The largest absolute Gasteiger partial charge is 0.351 e. The van der Waals surface area contributed by atoms with Gasteiger partial charge in [0.1, 0.15) is 0 Å². The molecule has 0 unspecified atom stereocenters. The van der Waals surface area contributed by atoms with Crippen LogP contribution < -0.4 is 5.32 Å². The lowest BCUT2D eigenvalue weighted by molar-refractivity contribution is 0.0956. The third-order valence-electron chi connectivity index (χ3n) is 3.61. The van der Waals surface area contributed by atoms with Crippen molar-refractivity contribution in [3.05, 3.63) is 78.4 Å². The van der Waals surface area contributed by atoms with E-state index in [-0.39, 0.29) is 5.91 Å². The minimum Gasteiger partial charge on any atom is -0.351 e. The molecular weight excluding hydrogens is 318 g/mol. The van der Waals surface area contributed by atoms with Crippen LogP contribution in [0.3, 0.4) is 0 Å². The van der Waals surface area contributed by atoms with Gasteiger partial charge in [0.25, 0.3) is 5.91 Å². The number of thioether (sulfide) groups is 1. The molecule has 0 radical (unpaired) electrons. The van der Waals surface area contributed by atoms with E-state index in [0.29, 0.717) is 12.1 Å². The molecule has 4 nitrogen and oxygen atoms in total. The van der Waals surface area contributed by atoms with Gasteiger partial charge in [-0.1, -0.05) is 17.7 Å². The van der Waals surface area contributed by atoms with Crippen molar-refractivity contribution in [2.45, 2.75) is 11.8 Å². The molecule has 1 amide bonds. The van der Waals surface area contributed by atoms with Crippen LogP contribution in [0.5, 0.6) is 0 Å². The summed E-state index contributed by atoms with van der Waals surface area (Å²) in [7, 11) is 0. The number of aryl methyl sites for hydroxylation is 1. The Labute approximate surface area is 145 Å². The van der Waals surface area contributed by atoms with Crippen LogP contribution in [0.2, 0.25) is 0 Å². The normalized spacial score (nSPS) is 10.5. The van der Waals surface area contributed by atoms with Gasteiger partial charge in [-0.3, -0.25) is 4.79 Å². The zero-order chi connectivity index (χ0) is 16.8. The molecule has 1 heterocycles. The number of imidazole rings is 1. The summed E-state index contributed by atoms with van der Waals surface area (Å²) in [5.41, 5.74) is 2.91. The highest BCUT2D eigenvalue weighted by Crippen LogP contribution is 2.17. The summed E-state index contributed by atoms with van der Waals surface area (Å²) >= 11 is 1.74.